The van der Waals surface area contributed by atoms with E-state index in [0.29, 0.717) is 22.6 Å². The number of nitriles is 1. The Balaban J connectivity index is 1.95. The second-order valence-electron chi connectivity index (χ2n) is 6.65. The molecule has 0 aromatic heterocycles. The summed E-state index contributed by atoms with van der Waals surface area (Å²) in [4.78, 5) is 14.0. The molecule has 2 aromatic carbocycles. The van der Waals surface area contributed by atoms with Crippen LogP contribution >= 0.6 is 0 Å². The van der Waals surface area contributed by atoms with Gasteiger partial charge in [0.25, 0.3) is 5.91 Å². The van der Waals surface area contributed by atoms with Crippen LogP contribution in [0.15, 0.2) is 42.5 Å². The second kappa shape index (κ2) is 5.64. The zero-order valence-corrected chi connectivity index (χ0v) is 13.7. The second-order valence-corrected chi connectivity index (χ2v) is 6.65. The molecule has 0 radical (unpaired) electrons. The number of carbonyl (C=O) groups excluding carboxylic acids is 1. The summed E-state index contributed by atoms with van der Waals surface area (Å²) in [5.41, 5.74) is 1.01. The number of halogens is 1. The molecule has 1 heterocycles. The minimum atomic E-state index is -0.836. The van der Waals surface area contributed by atoms with Crippen LogP contribution in [0.4, 0.5) is 10.1 Å². The van der Waals surface area contributed by atoms with Gasteiger partial charge in [0.2, 0.25) is 0 Å². The van der Waals surface area contributed by atoms with Gasteiger partial charge in [-0.3, -0.25) is 9.69 Å². The largest absolute Gasteiger partial charge is 0.488 e. The normalized spacial score (nSPS) is 16.7. The molecular weight excluding hydrogens is 307 g/mol. The van der Waals surface area contributed by atoms with Crippen LogP contribution in [-0.2, 0) is 0 Å². The number of rotatable bonds is 2. The Labute approximate surface area is 140 Å². The number of carbonyl (C=O) groups is 1. The Morgan fingerprint density at radius 1 is 1.17 bits per heavy atom. The highest BCUT2D eigenvalue weighted by atomic mass is 19.1. The molecule has 1 unspecified atom stereocenters. The third-order valence-corrected chi connectivity index (χ3v) is 3.68. The van der Waals surface area contributed by atoms with Crippen LogP contribution in [-0.4, -0.2) is 11.5 Å². The molecule has 0 bridgehead atoms. The van der Waals surface area contributed by atoms with Gasteiger partial charge in [-0.05, 0) is 63.2 Å². The summed E-state index contributed by atoms with van der Waals surface area (Å²) >= 11 is 0. The SMILES string of the molecule is CC(C)(C)Oc1ccc(N2C(=O)c3ccc(F)cc3C2C#N)cc1. The fourth-order valence-corrected chi connectivity index (χ4v) is 2.76. The molecule has 24 heavy (non-hydrogen) atoms. The lowest BCUT2D eigenvalue weighted by molar-refractivity contribution is 0.0994. The van der Waals surface area contributed by atoms with Crippen LogP contribution in [0.2, 0.25) is 0 Å². The number of benzene rings is 2. The van der Waals surface area contributed by atoms with Crippen molar-refractivity contribution in [1.29, 1.82) is 5.26 Å². The van der Waals surface area contributed by atoms with Gasteiger partial charge in [-0.25, -0.2) is 4.39 Å². The van der Waals surface area contributed by atoms with Crippen LogP contribution in [0, 0.1) is 17.1 Å². The van der Waals surface area contributed by atoms with Gasteiger partial charge in [0.05, 0.1) is 6.07 Å². The molecule has 4 nitrogen and oxygen atoms in total. The predicted octanol–water partition coefficient (Wildman–Crippen LogP) is 4.23. The summed E-state index contributed by atoms with van der Waals surface area (Å²) in [7, 11) is 0. The summed E-state index contributed by atoms with van der Waals surface area (Å²) in [6.45, 7) is 5.84. The first kappa shape index (κ1) is 16.0. The van der Waals surface area contributed by atoms with E-state index in [4.69, 9.17) is 4.74 Å². The maximum atomic E-state index is 13.5. The van der Waals surface area contributed by atoms with E-state index in [1.807, 2.05) is 20.8 Å². The third kappa shape index (κ3) is 2.83. The fourth-order valence-electron chi connectivity index (χ4n) is 2.76. The van der Waals surface area contributed by atoms with Crippen LogP contribution in [0.1, 0.15) is 42.7 Å². The van der Waals surface area contributed by atoms with E-state index in [-0.39, 0.29) is 11.5 Å². The molecule has 3 rings (SSSR count). The van der Waals surface area contributed by atoms with Gasteiger partial charge in [-0.1, -0.05) is 0 Å². The van der Waals surface area contributed by atoms with Crippen molar-refractivity contribution >= 4 is 11.6 Å². The predicted molar refractivity (Wildman–Crippen MR) is 88.4 cm³/mol. The van der Waals surface area contributed by atoms with E-state index in [9.17, 15) is 14.4 Å². The van der Waals surface area contributed by atoms with Crippen molar-refractivity contribution in [1.82, 2.24) is 0 Å². The lowest BCUT2D eigenvalue weighted by atomic mass is 10.1. The zero-order chi connectivity index (χ0) is 17.5. The standard InChI is InChI=1S/C19H17FN2O2/c1-19(2,3)24-14-7-5-13(6-8-14)22-17(11-21)16-10-12(20)4-9-15(16)18(22)23/h4-10,17H,1-3H3. The first-order valence-electron chi connectivity index (χ1n) is 7.62. The van der Waals surface area contributed by atoms with Crippen LogP contribution in [0.25, 0.3) is 0 Å². The Morgan fingerprint density at radius 2 is 1.83 bits per heavy atom. The van der Waals surface area contributed by atoms with E-state index in [2.05, 4.69) is 6.07 Å². The number of hydrogen-bond acceptors (Lipinski definition) is 3. The molecule has 0 spiro atoms. The molecule has 1 atom stereocenters. The Morgan fingerprint density at radius 3 is 2.42 bits per heavy atom. The highest BCUT2D eigenvalue weighted by molar-refractivity contribution is 6.11. The number of fused-ring (bicyclic) bond motifs is 1. The molecule has 1 amide bonds. The zero-order valence-electron chi connectivity index (χ0n) is 13.7. The Kier molecular flexibility index (Phi) is 3.76. The summed E-state index contributed by atoms with van der Waals surface area (Å²) in [6, 6.07) is 12.1. The fraction of sp³-hybridized carbons (Fsp3) is 0.263. The number of hydrogen-bond donors (Lipinski definition) is 0. The lowest BCUT2D eigenvalue weighted by Gasteiger charge is -2.23. The average molecular weight is 324 g/mol. The van der Waals surface area contributed by atoms with Gasteiger partial charge >= 0.3 is 0 Å². The number of ether oxygens (including phenoxy) is 1. The maximum Gasteiger partial charge on any atom is 0.260 e. The van der Waals surface area contributed by atoms with Crippen LogP contribution in [0.5, 0.6) is 5.75 Å². The van der Waals surface area contributed by atoms with Gasteiger partial charge in [-0.15, -0.1) is 0 Å². The highest BCUT2D eigenvalue weighted by Gasteiger charge is 2.38. The number of nitrogens with zero attached hydrogens (tertiary/aromatic N) is 2. The summed E-state index contributed by atoms with van der Waals surface area (Å²) < 4.78 is 19.2. The molecule has 0 fully saturated rings. The molecule has 0 N–H and O–H groups in total. The van der Waals surface area contributed by atoms with E-state index < -0.39 is 11.9 Å². The first-order valence-corrected chi connectivity index (χ1v) is 7.62. The van der Waals surface area contributed by atoms with Crippen molar-refractivity contribution in [3.8, 4) is 11.8 Å². The highest BCUT2D eigenvalue weighted by Crippen LogP contribution is 2.38. The first-order chi connectivity index (χ1) is 11.3. The summed E-state index contributed by atoms with van der Waals surface area (Å²) in [5.74, 6) is -0.0893. The smallest absolute Gasteiger partial charge is 0.260 e. The lowest BCUT2D eigenvalue weighted by Crippen LogP contribution is -2.27. The minimum Gasteiger partial charge on any atom is -0.488 e. The molecule has 5 heteroatoms. The van der Waals surface area contributed by atoms with Gasteiger partial charge in [0, 0.05) is 16.8 Å². The molecule has 0 aliphatic carbocycles. The third-order valence-electron chi connectivity index (χ3n) is 3.68. The van der Waals surface area contributed by atoms with E-state index >= 15 is 0 Å². The molecule has 2 aromatic rings. The number of amides is 1. The van der Waals surface area contributed by atoms with Gasteiger partial charge in [0.1, 0.15) is 17.2 Å². The topological polar surface area (TPSA) is 53.3 Å². The maximum absolute atomic E-state index is 13.5. The molecule has 0 saturated heterocycles. The summed E-state index contributed by atoms with van der Waals surface area (Å²) in [5, 5.41) is 9.47. The van der Waals surface area contributed by atoms with Crippen LogP contribution in [0.3, 0.4) is 0 Å². The van der Waals surface area contributed by atoms with Crippen molar-refractivity contribution in [2.45, 2.75) is 32.4 Å². The Bertz CT molecular complexity index is 832. The van der Waals surface area contributed by atoms with E-state index in [1.54, 1.807) is 24.3 Å². The molecule has 122 valence electrons. The van der Waals surface area contributed by atoms with Crippen LogP contribution < -0.4 is 9.64 Å². The van der Waals surface area contributed by atoms with E-state index in [0.717, 1.165) is 0 Å². The van der Waals surface area contributed by atoms with Gasteiger partial charge < -0.3 is 4.74 Å². The average Bonchev–Trinajstić information content (AvgIpc) is 2.78. The van der Waals surface area contributed by atoms with Gasteiger partial charge in [0.15, 0.2) is 6.04 Å². The Hall–Kier alpha value is -2.87. The number of anilines is 1. The minimum absolute atomic E-state index is 0.305. The monoisotopic (exact) mass is 324 g/mol. The van der Waals surface area contributed by atoms with Crippen molar-refractivity contribution in [3.63, 3.8) is 0 Å². The molecular formula is C19H17FN2O2. The van der Waals surface area contributed by atoms with Crippen molar-refractivity contribution < 1.29 is 13.9 Å². The quantitative estimate of drug-likeness (QED) is 0.831. The molecule has 0 saturated carbocycles. The summed E-state index contributed by atoms with van der Waals surface area (Å²) in [6.07, 6.45) is 0. The van der Waals surface area contributed by atoms with Crippen molar-refractivity contribution in [3.05, 3.63) is 59.4 Å². The van der Waals surface area contributed by atoms with E-state index in [1.165, 1.54) is 23.1 Å². The van der Waals surface area contributed by atoms with Gasteiger partial charge in [-0.2, -0.15) is 5.26 Å². The van der Waals surface area contributed by atoms with Crippen molar-refractivity contribution in [2.75, 3.05) is 4.90 Å². The molecule has 1 aliphatic heterocycles. The molecule has 1 aliphatic rings. The van der Waals surface area contributed by atoms with Crippen molar-refractivity contribution in [2.24, 2.45) is 0 Å².